The number of hydrogen-bond donors (Lipinski definition) is 0. The Hall–Kier alpha value is -2.84. The lowest BCUT2D eigenvalue weighted by atomic mass is 10.0. The standard InChI is InChI=1S/C25H24BrNO5S/c1-16-18-12-13-27(15-22(28)19-6-4-5-7-25(19)33(3,29)30)21(18)10-11-23(16)32-17-8-9-20(26)24(14-17)31-2/h4-11,14H,12-13,15H2,1-3H3. The molecule has 1 aliphatic heterocycles. The molecule has 172 valence electrons. The topological polar surface area (TPSA) is 72.9 Å². The van der Waals surface area contributed by atoms with Gasteiger partial charge in [-0.2, -0.15) is 0 Å². The van der Waals surface area contributed by atoms with Gasteiger partial charge in [0, 0.05) is 30.1 Å². The third-order valence-corrected chi connectivity index (χ3v) is 7.58. The smallest absolute Gasteiger partial charge is 0.183 e. The first-order valence-electron chi connectivity index (χ1n) is 10.4. The second-order valence-electron chi connectivity index (χ2n) is 7.95. The molecule has 33 heavy (non-hydrogen) atoms. The van der Waals surface area contributed by atoms with Gasteiger partial charge in [0.15, 0.2) is 15.6 Å². The van der Waals surface area contributed by atoms with Crippen LogP contribution in [0.2, 0.25) is 0 Å². The molecular weight excluding hydrogens is 506 g/mol. The van der Waals surface area contributed by atoms with E-state index in [2.05, 4.69) is 15.9 Å². The van der Waals surface area contributed by atoms with Crippen LogP contribution in [0.25, 0.3) is 0 Å². The summed E-state index contributed by atoms with van der Waals surface area (Å²) >= 11 is 3.44. The van der Waals surface area contributed by atoms with Gasteiger partial charge in [-0.25, -0.2) is 8.42 Å². The van der Waals surface area contributed by atoms with Crippen molar-refractivity contribution >= 4 is 37.2 Å². The van der Waals surface area contributed by atoms with Crippen LogP contribution in [0.4, 0.5) is 5.69 Å². The number of ketones is 1. The molecule has 0 saturated carbocycles. The Bertz CT molecular complexity index is 1340. The molecule has 0 saturated heterocycles. The minimum atomic E-state index is -3.49. The molecule has 0 amide bonds. The summed E-state index contributed by atoms with van der Waals surface area (Å²) < 4.78 is 36.5. The monoisotopic (exact) mass is 529 g/mol. The van der Waals surface area contributed by atoms with E-state index in [1.54, 1.807) is 25.3 Å². The molecule has 6 nitrogen and oxygen atoms in total. The van der Waals surface area contributed by atoms with Crippen LogP contribution in [0.15, 0.2) is 64.0 Å². The number of benzene rings is 3. The van der Waals surface area contributed by atoms with Crippen molar-refractivity contribution in [3.05, 3.63) is 75.8 Å². The van der Waals surface area contributed by atoms with E-state index in [4.69, 9.17) is 9.47 Å². The number of sulfone groups is 1. The Morgan fingerprint density at radius 1 is 1.09 bits per heavy atom. The molecule has 4 rings (SSSR count). The normalized spacial score (nSPS) is 13.0. The number of carbonyl (C=O) groups is 1. The van der Waals surface area contributed by atoms with Gasteiger partial charge < -0.3 is 14.4 Å². The van der Waals surface area contributed by atoms with Crippen LogP contribution in [-0.4, -0.2) is 40.7 Å². The van der Waals surface area contributed by atoms with E-state index < -0.39 is 9.84 Å². The van der Waals surface area contributed by atoms with Gasteiger partial charge >= 0.3 is 0 Å². The molecule has 0 bridgehead atoms. The zero-order chi connectivity index (χ0) is 23.8. The number of anilines is 1. The number of carbonyl (C=O) groups excluding carboxylic acids is 1. The van der Waals surface area contributed by atoms with Crippen LogP contribution >= 0.6 is 15.9 Å². The Labute approximate surface area is 202 Å². The number of rotatable bonds is 7. The van der Waals surface area contributed by atoms with E-state index in [1.807, 2.05) is 42.2 Å². The van der Waals surface area contributed by atoms with Crippen LogP contribution in [0, 0.1) is 6.92 Å². The average molecular weight is 530 g/mol. The van der Waals surface area contributed by atoms with Crippen LogP contribution < -0.4 is 14.4 Å². The highest BCUT2D eigenvalue weighted by Crippen LogP contribution is 2.38. The Morgan fingerprint density at radius 2 is 1.85 bits per heavy atom. The van der Waals surface area contributed by atoms with Crippen LogP contribution in [0.1, 0.15) is 21.5 Å². The fourth-order valence-electron chi connectivity index (χ4n) is 4.08. The minimum Gasteiger partial charge on any atom is -0.495 e. The zero-order valence-corrected chi connectivity index (χ0v) is 21.0. The van der Waals surface area contributed by atoms with Crippen molar-refractivity contribution in [2.75, 3.05) is 31.4 Å². The Morgan fingerprint density at radius 3 is 2.58 bits per heavy atom. The summed E-state index contributed by atoms with van der Waals surface area (Å²) in [5, 5.41) is 0. The number of hydrogen-bond acceptors (Lipinski definition) is 6. The highest BCUT2D eigenvalue weighted by atomic mass is 79.9. The van der Waals surface area contributed by atoms with E-state index in [0.29, 0.717) is 18.0 Å². The second-order valence-corrected chi connectivity index (χ2v) is 10.8. The summed E-state index contributed by atoms with van der Waals surface area (Å²) in [5.41, 5.74) is 3.34. The molecule has 0 aliphatic carbocycles. The van der Waals surface area contributed by atoms with Crippen molar-refractivity contribution in [1.29, 1.82) is 0 Å². The van der Waals surface area contributed by atoms with Gasteiger partial charge in [-0.15, -0.1) is 0 Å². The van der Waals surface area contributed by atoms with Gasteiger partial charge in [-0.1, -0.05) is 18.2 Å². The molecule has 8 heteroatoms. The largest absolute Gasteiger partial charge is 0.495 e. The predicted molar refractivity (Wildman–Crippen MR) is 132 cm³/mol. The lowest BCUT2D eigenvalue weighted by Crippen LogP contribution is -2.28. The maximum atomic E-state index is 13.0. The van der Waals surface area contributed by atoms with Gasteiger partial charge in [0.1, 0.15) is 17.2 Å². The molecule has 1 heterocycles. The minimum absolute atomic E-state index is 0.0688. The van der Waals surface area contributed by atoms with E-state index >= 15 is 0 Å². The zero-order valence-electron chi connectivity index (χ0n) is 18.6. The third kappa shape index (κ3) is 4.77. The van der Waals surface area contributed by atoms with E-state index in [1.165, 1.54) is 6.07 Å². The second kappa shape index (κ2) is 9.19. The van der Waals surface area contributed by atoms with E-state index in [0.717, 1.165) is 39.7 Å². The molecule has 0 unspecified atom stereocenters. The molecule has 0 atom stereocenters. The fourth-order valence-corrected chi connectivity index (χ4v) is 5.40. The van der Waals surface area contributed by atoms with Crippen LogP contribution in [0.3, 0.4) is 0 Å². The van der Waals surface area contributed by atoms with Crippen molar-refractivity contribution in [3.8, 4) is 17.2 Å². The summed E-state index contributed by atoms with van der Waals surface area (Å²) in [4.78, 5) is 15.1. The number of nitrogens with zero attached hydrogens (tertiary/aromatic N) is 1. The number of fused-ring (bicyclic) bond motifs is 1. The molecule has 0 radical (unpaired) electrons. The van der Waals surface area contributed by atoms with Crippen molar-refractivity contribution < 1.29 is 22.7 Å². The van der Waals surface area contributed by atoms with Gasteiger partial charge in [-0.3, -0.25) is 4.79 Å². The van der Waals surface area contributed by atoms with Crippen molar-refractivity contribution in [2.45, 2.75) is 18.2 Å². The van der Waals surface area contributed by atoms with Crippen molar-refractivity contribution in [3.63, 3.8) is 0 Å². The Balaban J connectivity index is 1.57. The summed E-state index contributed by atoms with van der Waals surface area (Å²) in [6, 6.07) is 15.8. The molecule has 3 aromatic rings. The van der Waals surface area contributed by atoms with Crippen molar-refractivity contribution in [1.82, 2.24) is 0 Å². The summed E-state index contributed by atoms with van der Waals surface area (Å²) in [6.07, 6.45) is 1.90. The van der Waals surface area contributed by atoms with Gasteiger partial charge in [0.05, 0.1) is 23.0 Å². The number of ether oxygens (including phenoxy) is 2. The van der Waals surface area contributed by atoms with Crippen molar-refractivity contribution in [2.24, 2.45) is 0 Å². The maximum Gasteiger partial charge on any atom is 0.183 e. The highest BCUT2D eigenvalue weighted by Gasteiger charge is 2.26. The Kier molecular flexibility index (Phi) is 6.50. The first kappa shape index (κ1) is 23.3. The first-order valence-corrected chi connectivity index (χ1v) is 13.1. The number of halogens is 1. The summed E-state index contributed by atoms with van der Waals surface area (Å²) in [6.45, 7) is 2.80. The third-order valence-electron chi connectivity index (χ3n) is 5.77. The molecule has 0 N–H and O–H groups in total. The molecule has 3 aromatic carbocycles. The number of Topliss-reactive ketones (excluding diaryl/α,β-unsaturated/α-hetero) is 1. The number of methoxy groups -OCH3 is 1. The maximum absolute atomic E-state index is 13.0. The highest BCUT2D eigenvalue weighted by molar-refractivity contribution is 9.10. The molecule has 1 aliphatic rings. The van der Waals surface area contributed by atoms with Gasteiger partial charge in [0.2, 0.25) is 0 Å². The molecular formula is C25H24BrNO5S. The predicted octanol–water partition coefficient (Wildman–Crippen LogP) is 5.21. The van der Waals surface area contributed by atoms with E-state index in [9.17, 15) is 13.2 Å². The lowest BCUT2D eigenvalue weighted by Gasteiger charge is -2.20. The van der Waals surface area contributed by atoms with Gasteiger partial charge in [-0.05, 0) is 70.7 Å². The van der Waals surface area contributed by atoms with Gasteiger partial charge in [0.25, 0.3) is 0 Å². The summed E-state index contributed by atoms with van der Waals surface area (Å²) in [5.74, 6) is 1.88. The van der Waals surface area contributed by atoms with Crippen LogP contribution in [0.5, 0.6) is 17.2 Å². The SMILES string of the molecule is COc1cc(Oc2ccc3c(c2C)CCN3CC(=O)c2ccccc2S(C)(=O)=O)ccc1Br. The molecule has 0 spiro atoms. The fraction of sp³-hybridized carbons (Fsp3) is 0.240. The first-order chi connectivity index (χ1) is 15.7. The van der Waals surface area contributed by atoms with Crippen LogP contribution in [-0.2, 0) is 16.3 Å². The average Bonchev–Trinajstić information content (AvgIpc) is 3.19. The summed E-state index contributed by atoms with van der Waals surface area (Å²) in [7, 11) is -1.88. The molecule has 0 aromatic heterocycles. The quantitative estimate of drug-likeness (QED) is 0.391. The van der Waals surface area contributed by atoms with E-state index in [-0.39, 0.29) is 22.8 Å². The molecule has 0 fully saturated rings. The lowest BCUT2D eigenvalue weighted by molar-refractivity contribution is 0.0996.